The molecule has 0 aromatic carbocycles. The predicted octanol–water partition coefficient (Wildman–Crippen LogP) is 3.89. The normalized spacial score (nSPS) is 18.1. The van der Waals surface area contributed by atoms with Crippen molar-refractivity contribution < 1.29 is 19.2 Å². The van der Waals surface area contributed by atoms with Gasteiger partial charge < -0.3 is 14.5 Å². The van der Waals surface area contributed by atoms with Crippen LogP contribution < -0.4 is 4.74 Å². The van der Waals surface area contributed by atoms with Crippen LogP contribution in [0.5, 0.6) is 5.75 Å². The first-order valence-electron chi connectivity index (χ1n) is 10.0. The Balaban J connectivity index is 1.36. The smallest absolute Gasteiger partial charge is 0.366 e. The Bertz CT molecular complexity index is 1010. The molecule has 0 radical (unpaired) electrons. The number of hydrogen-bond donors (Lipinski definition) is 0. The standard InChI is InChI=1S/C21H23N3O5S2/c1-29-18-16(13-31-20(18)24(27)28)19(26)23-10-7-21(14-23)5-8-22(9-6-21)17(25)3-2-15-4-11-30-12-15/h2-4,11-13H,5-10,14H2,1H3. The van der Waals surface area contributed by atoms with Crippen molar-refractivity contribution in [2.24, 2.45) is 5.41 Å². The van der Waals surface area contributed by atoms with Gasteiger partial charge in [-0.3, -0.25) is 19.7 Å². The molecule has 2 aromatic heterocycles. The van der Waals surface area contributed by atoms with Crippen molar-refractivity contribution >= 4 is 45.6 Å². The van der Waals surface area contributed by atoms with E-state index in [1.54, 1.807) is 22.3 Å². The second kappa shape index (κ2) is 8.80. The molecule has 2 saturated heterocycles. The quantitative estimate of drug-likeness (QED) is 0.383. The summed E-state index contributed by atoms with van der Waals surface area (Å²) in [4.78, 5) is 39.8. The van der Waals surface area contributed by atoms with Gasteiger partial charge in [0.05, 0.1) is 17.6 Å². The van der Waals surface area contributed by atoms with Crippen molar-refractivity contribution in [1.82, 2.24) is 9.80 Å². The number of ether oxygens (including phenoxy) is 1. The molecule has 0 bridgehead atoms. The fourth-order valence-corrected chi connectivity index (χ4v) is 5.79. The van der Waals surface area contributed by atoms with E-state index in [1.807, 2.05) is 27.8 Å². The molecule has 0 saturated carbocycles. The summed E-state index contributed by atoms with van der Waals surface area (Å²) < 4.78 is 5.16. The van der Waals surface area contributed by atoms with Crippen LogP contribution in [0.1, 0.15) is 35.2 Å². The highest BCUT2D eigenvalue weighted by molar-refractivity contribution is 7.14. The van der Waals surface area contributed by atoms with E-state index in [-0.39, 0.29) is 33.5 Å². The number of likely N-dealkylation sites (tertiary alicyclic amines) is 2. The highest BCUT2D eigenvalue weighted by Crippen LogP contribution is 2.43. The summed E-state index contributed by atoms with van der Waals surface area (Å²) in [5, 5.41) is 16.5. The largest absolute Gasteiger partial charge is 0.489 e. The van der Waals surface area contributed by atoms with E-state index in [0.717, 1.165) is 36.2 Å². The molecule has 2 aliphatic rings. The number of thiophene rings is 2. The van der Waals surface area contributed by atoms with E-state index in [2.05, 4.69) is 0 Å². The van der Waals surface area contributed by atoms with Gasteiger partial charge in [-0.15, -0.1) is 0 Å². The van der Waals surface area contributed by atoms with E-state index in [4.69, 9.17) is 4.74 Å². The van der Waals surface area contributed by atoms with Crippen LogP contribution >= 0.6 is 22.7 Å². The SMILES string of the molecule is COc1c(C(=O)N2CCC3(CCN(C(=O)C=Cc4ccsc4)CC3)C2)csc1[N+](=O)[O-]. The summed E-state index contributed by atoms with van der Waals surface area (Å²) in [7, 11) is 1.34. The first kappa shape index (κ1) is 21.5. The van der Waals surface area contributed by atoms with Crippen LogP contribution in [0.3, 0.4) is 0 Å². The summed E-state index contributed by atoms with van der Waals surface area (Å²) >= 11 is 2.50. The monoisotopic (exact) mass is 461 g/mol. The highest BCUT2D eigenvalue weighted by Gasteiger charge is 2.43. The van der Waals surface area contributed by atoms with Gasteiger partial charge in [-0.05, 0) is 53.1 Å². The summed E-state index contributed by atoms with van der Waals surface area (Å²) in [5.41, 5.74) is 1.28. The zero-order chi connectivity index (χ0) is 22.0. The molecule has 8 nitrogen and oxygen atoms in total. The second-order valence-corrected chi connectivity index (χ2v) is 9.58. The van der Waals surface area contributed by atoms with Crippen molar-refractivity contribution in [2.75, 3.05) is 33.3 Å². The lowest BCUT2D eigenvalue weighted by Crippen LogP contribution is -2.44. The molecule has 2 amide bonds. The molecule has 164 valence electrons. The number of nitro groups is 1. The molecular formula is C21H23N3O5S2. The van der Waals surface area contributed by atoms with E-state index in [9.17, 15) is 19.7 Å². The van der Waals surface area contributed by atoms with Crippen LogP contribution in [0.15, 0.2) is 28.3 Å². The summed E-state index contributed by atoms with van der Waals surface area (Å²) in [6.07, 6.45) is 6.03. The molecular weight excluding hydrogens is 438 g/mol. The number of carbonyl (C=O) groups is 2. The minimum absolute atomic E-state index is 0.00129. The van der Waals surface area contributed by atoms with Crippen molar-refractivity contribution in [3.8, 4) is 5.75 Å². The molecule has 0 atom stereocenters. The van der Waals surface area contributed by atoms with Crippen LogP contribution in [-0.2, 0) is 4.79 Å². The number of piperidine rings is 1. The molecule has 2 aliphatic heterocycles. The molecule has 4 heterocycles. The third kappa shape index (κ3) is 4.35. The van der Waals surface area contributed by atoms with Gasteiger partial charge in [0.25, 0.3) is 5.91 Å². The summed E-state index contributed by atoms with van der Waals surface area (Å²) in [5.74, 6) is -0.170. The molecule has 1 spiro atoms. The van der Waals surface area contributed by atoms with E-state index in [0.29, 0.717) is 26.2 Å². The third-order valence-electron chi connectivity index (χ3n) is 6.15. The Labute approximate surface area is 187 Å². The zero-order valence-electron chi connectivity index (χ0n) is 17.1. The van der Waals surface area contributed by atoms with Crippen LogP contribution in [0.4, 0.5) is 5.00 Å². The molecule has 4 rings (SSSR count). The van der Waals surface area contributed by atoms with Crippen LogP contribution in [0.25, 0.3) is 6.08 Å². The van der Waals surface area contributed by atoms with Gasteiger partial charge in [0.2, 0.25) is 11.7 Å². The molecule has 0 unspecified atom stereocenters. The molecule has 10 heteroatoms. The Morgan fingerprint density at radius 2 is 1.90 bits per heavy atom. The Morgan fingerprint density at radius 3 is 2.52 bits per heavy atom. The average Bonchev–Trinajstić information content (AvgIpc) is 3.51. The average molecular weight is 462 g/mol. The lowest BCUT2D eigenvalue weighted by Gasteiger charge is -2.38. The number of nitrogens with zero attached hydrogens (tertiary/aromatic N) is 3. The van der Waals surface area contributed by atoms with Gasteiger partial charge in [-0.25, -0.2) is 0 Å². The number of carbonyl (C=O) groups excluding carboxylic acids is 2. The first-order chi connectivity index (χ1) is 14.9. The van der Waals surface area contributed by atoms with E-state index >= 15 is 0 Å². The van der Waals surface area contributed by atoms with Crippen molar-refractivity contribution in [2.45, 2.75) is 19.3 Å². The Hall–Kier alpha value is -2.72. The van der Waals surface area contributed by atoms with Crippen molar-refractivity contribution in [3.63, 3.8) is 0 Å². The molecule has 0 aliphatic carbocycles. The number of amides is 2. The maximum Gasteiger partial charge on any atom is 0.366 e. The highest BCUT2D eigenvalue weighted by atomic mass is 32.1. The Morgan fingerprint density at radius 1 is 1.19 bits per heavy atom. The van der Waals surface area contributed by atoms with Gasteiger partial charge in [0.15, 0.2) is 0 Å². The first-order valence-corrected chi connectivity index (χ1v) is 11.8. The number of methoxy groups -OCH3 is 1. The maximum absolute atomic E-state index is 13.0. The van der Waals surface area contributed by atoms with Crippen LogP contribution in [0, 0.1) is 15.5 Å². The van der Waals surface area contributed by atoms with Crippen molar-refractivity contribution in [3.05, 3.63) is 49.5 Å². The minimum atomic E-state index is -0.523. The topological polar surface area (TPSA) is 93.0 Å². The molecule has 0 N–H and O–H groups in total. The predicted molar refractivity (Wildman–Crippen MR) is 120 cm³/mol. The van der Waals surface area contributed by atoms with Crippen molar-refractivity contribution in [1.29, 1.82) is 0 Å². The van der Waals surface area contributed by atoms with Crippen LogP contribution in [0.2, 0.25) is 0 Å². The third-order valence-corrected chi connectivity index (χ3v) is 7.76. The van der Waals surface area contributed by atoms with Gasteiger partial charge in [-0.2, -0.15) is 11.3 Å². The van der Waals surface area contributed by atoms with Gasteiger partial charge in [-0.1, -0.05) is 11.3 Å². The maximum atomic E-state index is 13.0. The number of hydrogen-bond acceptors (Lipinski definition) is 7. The molecule has 2 aromatic rings. The zero-order valence-corrected chi connectivity index (χ0v) is 18.7. The van der Waals surface area contributed by atoms with E-state index in [1.165, 1.54) is 12.5 Å². The summed E-state index contributed by atoms with van der Waals surface area (Å²) in [6.45, 7) is 2.55. The molecule has 2 fully saturated rings. The van der Waals surface area contributed by atoms with Crippen LogP contribution in [-0.4, -0.2) is 59.8 Å². The second-order valence-electron chi connectivity index (χ2n) is 7.94. The lowest BCUT2D eigenvalue weighted by molar-refractivity contribution is -0.381. The fraction of sp³-hybridized carbons (Fsp3) is 0.429. The molecule has 31 heavy (non-hydrogen) atoms. The Kier molecular flexibility index (Phi) is 6.10. The summed E-state index contributed by atoms with van der Waals surface area (Å²) in [6, 6.07) is 1.97. The van der Waals surface area contributed by atoms with Gasteiger partial charge in [0.1, 0.15) is 0 Å². The van der Waals surface area contributed by atoms with Gasteiger partial charge in [0, 0.05) is 37.6 Å². The lowest BCUT2D eigenvalue weighted by atomic mass is 9.78. The van der Waals surface area contributed by atoms with Gasteiger partial charge >= 0.3 is 5.00 Å². The number of rotatable bonds is 5. The van der Waals surface area contributed by atoms with E-state index < -0.39 is 4.92 Å². The fourth-order valence-electron chi connectivity index (χ4n) is 4.34. The minimum Gasteiger partial charge on any atom is -0.489 e.